The van der Waals surface area contributed by atoms with E-state index in [0.717, 1.165) is 30.2 Å². The van der Waals surface area contributed by atoms with Gasteiger partial charge in [0.1, 0.15) is 17.2 Å². The van der Waals surface area contributed by atoms with E-state index in [9.17, 15) is 14.7 Å². The van der Waals surface area contributed by atoms with Crippen LogP contribution in [0.5, 0.6) is 5.75 Å². The van der Waals surface area contributed by atoms with E-state index in [1.54, 1.807) is 24.3 Å². The van der Waals surface area contributed by atoms with Crippen molar-refractivity contribution < 1.29 is 19.4 Å². The second kappa shape index (κ2) is 10.8. The molecular formula is C26H30BrNO4. The molecule has 4 atom stereocenters. The van der Waals surface area contributed by atoms with Crippen molar-refractivity contribution in [1.29, 1.82) is 0 Å². The third-order valence-electron chi connectivity index (χ3n) is 6.14. The maximum atomic E-state index is 12.6. The molecule has 2 aliphatic carbocycles. The van der Waals surface area contributed by atoms with Crippen molar-refractivity contribution in [3.8, 4) is 5.75 Å². The molecule has 2 saturated carbocycles. The highest BCUT2D eigenvalue weighted by atomic mass is 79.9. The lowest BCUT2D eigenvalue weighted by atomic mass is 9.82. The standard InChI is InChI=1S/C26H30BrNO4/c1-4-6-8-18-15-20-23(18)24(20)25(29)28-21(26(30)31)14-17-10-12-19(13-11-17)32-22(16(3)27)9-7-5-2/h4,7,9-14,18,20,23-24H,1,5-6,8,15H2,2-3H3,(H,28,29)(H,30,31)/b9-7-,21-14-,22-16-. The van der Waals surface area contributed by atoms with Crippen LogP contribution in [0.15, 0.2) is 65.0 Å². The van der Waals surface area contributed by atoms with Crippen molar-refractivity contribution in [3.05, 3.63) is 70.6 Å². The monoisotopic (exact) mass is 499 g/mol. The summed E-state index contributed by atoms with van der Waals surface area (Å²) in [4.78, 5) is 24.4. The molecule has 32 heavy (non-hydrogen) atoms. The highest BCUT2D eigenvalue weighted by Gasteiger charge is 2.65. The molecule has 3 rings (SSSR count). The van der Waals surface area contributed by atoms with Crippen molar-refractivity contribution in [1.82, 2.24) is 5.32 Å². The highest BCUT2D eigenvalue weighted by molar-refractivity contribution is 9.11. The minimum atomic E-state index is -1.15. The molecular weight excluding hydrogens is 470 g/mol. The van der Waals surface area contributed by atoms with E-state index in [0.29, 0.717) is 34.8 Å². The molecule has 0 aromatic heterocycles. The van der Waals surface area contributed by atoms with Gasteiger partial charge in [-0.3, -0.25) is 4.79 Å². The number of amides is 1. The van der Waals surface area contributed by atoms with Crippen LogP contribution < -0.4 is 10.1 Å². The first-order valence-corrected chi connectivity index (χ1v) is 11.8. The summed E-state index contributed by atoms with van der Waals surface area (Å²) in [7, 11) is 0. The molecule has 2 fully saturated rings. The Hall–Kier alpha value is -2.60. The largest absolute Gasteiger partial charge is 0.477 e. The Morgan fingerprint density at radius 3 is 2.62 bits per heavy atom. The van der Waals surface area contributed by atoms with Gasteiger partial charge < -0.3 is 15.2 Å². The smallest absolute Gasteiger partial charge is 0.352 e. The maximum Gasteiger partial charge on any atom is 0.352 e. The van der Waals surface area contributed by atoms with E-state index >= 15 is 0 Å². The van der Waals surface area contributed by atoms with Gasteiger partial charge in [0.2, 0.25) is 5.91 Å². The Morgan fingerprint density at radius 2 is 2.03 bits per heavy atom. The normalized spacial score (nSPS) is 24.8. The third-order valence-corrected chi connectivity index (χ3v) is 6.54. The molecule has 4 unspecified atom stereocenters. The van der Waals surface area contributed by atoms with Gasteiger partial charge in [0.15, 0.2) is 0 Å². The van der Waals surface area contributed by atoms with E-state index in [4.69, 9.17) is 4.74 Å². The van der Waals surface area contributed by atoms with Gasteiger partial charge in [-0.1, -0.05) is 47.1 Å². The second-order valence-electron chi connectivity index (χ2n) is 8.36. The van der Waals surface area contributed by atoms with Crippen molar-refractivity contribution in [3.63, 3.8) is 0 Å². The van der Waals surface area contributed by atoms with Crippen LogP contribution in [0.3, 0.4) is 0 Å². The number of rotatable bonds is 11. The predicted octanol–water partition coefficient (Wildman–Crippen LogP) is 6.05. The summed E-state index contributed by atoms with van der Waals surface area (Å²) in [6.07, 6.45) is 11.3. The van der Waals surface area contributed by atoms with Crippen molar-refractivity contribution in [2.24, 2.45) is 23.7 Å². The molecule has 0 heterocycles. The zero-order chi connectivity index (χ0) is 23.3. The zero-order valence-corrected chi connectivity index (χ0v) is 20.1. The molecule has 5 nitrogen and oxygen atoms in total. The quantitative estimate of drug-likeness (QED) is 0.168. The van der Waals surface area contributed by atoms with E-state index in [1.807, 2.05) is 32.1 Å². The Balaban J connectivity index is 1.63. The van der Waals surface area contributed by atoms with Crippen LogP contribution in [-0.2, 0) is 9.59 Å². The van der Waals surface area contributed by atoms with Crippen LogP contribution in [0.1, 0.15) is 45.1 Å². The summed E-state index contributed by atoms with van der Waals surface area (Å²) in [6.45, 7) is 7.71. The SMILES string of the molecule is C=CCCC1CC2C(C(=O)N/C(=C\c3ccc(OC(/C=C\CC)=C(/C)Br)cc3)C(=O)O)C12. The van der Waals surface area contributed by atoms with Crippen LogP contribution in [0.2, 0.25) is 0 Å². The van der Waals surface area contributed by atoms with Crippen LogP contribution in [-0.4, -0.2) is 17.0 Å². The first-order chi connectivity index (χ1) is 15.3. The predicted molar refractivity (Wildman–Crippen MR) is 130 cm³/mol. The summed E-state index contributed by atoms with van der Waals surface area (Å²) >= 11 is 3.44. The van der Waals surface area contributed by atoms with E-state index < -0.39 is 5.97 Å². The van der Waals surface area contributed by atoms with Gasteiger partial charge in [-0.2, -0.15) is 0 Å². The molecule has 1 amide bonds. The molecule has 2 aliphatic rings. The average molecular weight is 500 g/mol. The number of carboxylic acid groups (broad SMARTS) is 1. The number of nitrogens with one attached hydrogen (secondary N) is 1. The molecule has 170 valence electrons. The number of carbonyl (C=O) groups is 2. The van der Waals surface area contributed by atoms with Gasteiger partial charge in [-0.15, -0.1) is 6.58 Å². The second-order valence-corrected chi connectivity index (χ2v) is 9.55. The summed E-state index contributed by atoms with van der Waals surface area (Å²) < 4.78 is 6.77. The van der Waals surface area contributed by atoms with E-state index in [1.165, 1.54) is 6.08 Å². The summed E-state index contributed by atoms with van der Waals surface area (Å²) in [6, 6.07) is 7.07. The molecule has 0 saturated heterocycles. The van der Waals surface area contributed by atoms with Gasteiger partial charge >= 0.3 is 5.97 Å². The lowest BCUT2D eigenvalue weighted by molar-refractivity contribution is -0.134. The van der Waals surface area contributed by atoms with Gasteiger partial charge in [0.25, 0.3) is 0 Å². The summed E-state index contributed by atoms with van der Waals surface area (Å²) in [5.41, 5.74) is 0.559. The summed E-state index contributed by atoms with van der Waals surface area (Å²) in [5, 5.41) is 12.2. The number of carboxylic acids is 1. The number of benzene rings is 1. The molecule has 0 spiro atoms. The number of carbonyl (C=O) groups excluding carboxylic acids is 1. The zero-order valence-electron chi connectivity index (χ0n) is 18.5. The van der Waals surface area contributed by atoms with Crippen molar-refractivity contribution in [2.75, 3.05) is 0 Å². The number of halogens is 1. The Bertz CT molecular complexity index is 957. The maximum absolute atomic E-state index is 12.6. The Labute approximate surface area is 198 Å². The average Bonchev–Trinajstić information content (AvgIpc) is 3.36. The van der Waals surface area contributed by atoms with Crippen LogP contribution >= 0.6 is 15.9 Å². The molecule has 1 aromatic rings. The molecule has 2 N–H and O–H groups in total. The summed E-state index contributed by atoms with van der Waals surface area (Å²) in [5.74, 6) is 1.34. The van der Waals surface area contributed by atoms with Crippen LogP contribution in [0.4, 0.5) is 0 Å². The number of hydrogen-bond acceptors (Lipinski definition) is 3. The minimum Gasteiger partial charge on any atom is -0.477 e. The highest BCUT2D eigenvalue weighted by Crippen LogP contribution is 2.66. The van der Waals surface area contributed by atoms with Crippen molar-refractivity contribution >= 4 is 33.9 Å². The molecule has 6 heteroatoms. The Morgan fingerprint density at radius 1 is 1.31 bits per heavy atom. The lowest BCUT2D eigenvalue weighted by Gasteiger charge is -2.23. The molecule has 0 aliphatic heterocycles. The molecule has 1 aromatic carbocycles. The van der Waals surface area contributed by atoms with Gasteiger partial charge in [0, 0.05) is 10.4 Å². The fourth-order valence-corrected chi connectivity index (χ4v) is 4.62. The topological polar surface area (TPSA) is 75.6 Å². The van der Waals surface area contributed by atoms with Gasteiger partial charge in [0.05, 0.1) is 0 Å². The Kier molecular flexibility index (Phi) is 8.13. The first kappa shape index (κ1) is 24.1. The third kappa shape index (κ3) is 5.80. The van der Waals surface area contributed by atoms with E-state index in [-0.39, 0.29) is 17.5 Å². The van der Waals surface area contributed by atoms with E-state index in [2.05, 4.69) is 27.8 Å². The molecule has 0 radical (unpaired) electrons. The molecule has 0 bridgehead atoms. The van der Waals surface area contributed by atoms with Gasteiger partial charge in [-0.25, -0.2) is 4.79 Å². The van der Waals surface area contributed by atoms with Crippen LogP contribution in [0.25, 0.3) is 6.08 Å². The number of fused-ring (bicyclic) bond motifs is 1. The first-order valence-electron chi connectivity index (χ1n) is 11.0. The van der Waals surface area contributed by atoms with Gasteiger partial charge in [-0.05, 0) is 80.2 Å². The fourth-order valence-electron chi connectivity index (χ4n) is 4.41. The number of ether oxygens (including phenoxy) is 1. The lowest BCUT2D eigenvalue weighted by Crippen LogP contribution is -2.29. The van der Waals surface area contributed by atoms with Crippen LogP contribution in [0, 0.1) is 23.7 Å². The fraction of sp³-hybridized carbons (Fsp3) is 0.385. The number of hydrogen-bond donors (Lipinski definition) is 2. The number of aliphatic carboxylic acids is 1. The minimum absolute atomic E-state index is 0.0581. The number of allylic oxidation sites excluding steroid dienone is 4. The van der Waals surface area contributed by atoms with Crippen molar-refractivity contribution in [2.45, 2.75) is 39.5 Å².